The zero-order valence-corrected chi connectivity index (χ0v) is 10.8. The Morgan fingerprint density at radius 1 is 1.39 bits per heavy atom. The van der Waals surface area contributed by atoms with E-state index in [0.29, 0.717) is 11.7 Å². The first-order chi connectivity index (χ1) is 8.76. The van der Waals surface area contributed by atoms with Crippen LogP contribution < -0.4 is 10.1 Å². The molecule has 1 aromatic carbocycles. The molecule has 1 atom stereocenters. The van der Waals surface area contributed by atoms with Crippen LogP contribution in [0.15, 0.2) is 28.8 Å². The number of hydrogen-bond acceptors (Lipinski definition) is 5. The minimum absolute atomic E-state index is 0.0472. The third-order valence-electron chi connectivity index (χ3n) is 2.67. The van der Waals surface area contributed by atoms with Crippen molar-refractivity contribution < 1.29 is 9.26 Å². The molecule has 96 valence electrons. The Hall–Kier alpha value is -1.88. The molecular weight excluding hydrogens is 230 g/mol. The van der Waals surface area contributed by atoms with Crippen molar-refractivity contribution in [1.82, 2.24) is 15.5 Å². The summed E-state index contributed by atoms with van der Waals surface area (Å²) in [5, 5.41) is 7.22. The molecule has 1 aromatic heterocycles. The predicted octanol–water partition coefficient (Wildman–Crippen LogP) is 2.42. The summed E-state index contributed by atoms with van der Waals surface area (Å²) in [6.07, 6.45) is 0. The van der Waals surface area contributed by atoms with Gasteiger partial charge >= 0.3 is 0 Å². The number of benzene rings is 1. The average molecular weight is 247 g/mol. The van der Waals surface area contributed by atoms with Crippen molar-refractivity contribution in [2.24, 2.45) is 0 Å². The summed E-state index contributed by atoms with van der Waals surface area (Å²) in [4.78, 5) is 4.39. The van der Waals surface area contributed by atoms with Gasteiger partial charge in [0.05, 0.1) is 18.7 Å². The van der Waals surface area contributed by atoms with Gasteiger partial charge in [-0.25, -0.2) is 0 Å². The maximum Gasteiger partial charge on any atom is 0.243 e. The smallest absolute Gasteiger partial charge is 0.243 e. The Morgan fingerprint density at radius 3 is 2.89 bits per heavy atom. The van der Waals surface area contributed by atoms with Crippen molar-refractivity contribution in [2.75, 3.05) is 13.7 Å². The second-order valence-electron chi connectivity index (χ2n) is 3.94. The molecule has 0 aliphatic carbocycles. The minimum Gasteiger partial charge on any atom is -0.496 e. The molecule has 0 fully saturated rings. The van der Waals surface area contributed by atoms with E-state index in [9.17, 15) is 0 Å². The first-order valence-corrected chi connectivity index (χ1v) is 5.96. The number of aromatic nitrogens is 2. The molecule has 5 nitrogen and oxygen atoms in total. The van der Waals surface area contributed by atoms with Gasteiger partial charge in [-0.3, -0.25) is 0 Å². The van der Waals surface area contributed by atoms with Crippen LogP contribution in [0.3, 0.4) is 0 Å². The van der Waals surface area contributed by atoms with Gasteiger partial charge in [0, 0.05) is 0 Å². The highest BCUT2D eigenvalue weighted by molar-refractivity contribution is 5.63. The van der Waals surface area contributed by atoms with Gasteiger partial charge in [0.25, 0.3) is 0 Å². The topological polar surface area (TPSA) is 60.2 Å². The van der Waals surface area contributed by atoms with E-state index in [-0.39, 0.29) is 6.04 Å². The van der Waals surface area contributed by atoms with Crippen molar-refractivity contribution in [2.45, 2.75) is 19.9 Å². The van der Waals surface area contributed by atoms with Gasteiger partial charge < -0.3 is 14.6 Å². The van der Waals surface area contributed by atoms with Crippen molar-refractivity contribution in [3.8, 4) is 17.1 Å². The van der Waals surface area contributed by atoms with Crippen LogP contribution in [0.4, 0.5) is 0 Å². The summed E-state index contributed by atoms with van der Waals surface area (Å²) in [6.45, 7) is 4.88. The number of methoxy groups -OCH3 is 1. The average Bonchev–Trinajstić information content (AvgIpc) is 2.88. The van der Waals surface area contributed by atoms with Gasteiger partial charge in [0.1, 0.15) is 5.75 Å². The third-order valence-corrected chi connectivity index (χ3v) is 2.67. The summed E-state index contributed by atoms with van der Waals surface area (Å²) < 4.78 is 10.5. The monoisotopic (exact) mass is 247 g/mol. The molecular formula is C13H17N3O2. The van der Waals surface area contributed by atoms with Crippen molar-refractivity contribution in [1.29, 1.82) is 0 Å². The van der Waals surface area contributed by atoms with E-state index in [1.807, 2.05) is 38.1 Å². The highest BCUT2D eigenvalue weighted by Gasteiger charge is 2.16. The number of nitrogens with one attached hydrogen (secondary N) is 1. The highest BCUT2D eigenvalue weighted by atomic mass is 16.5. The summed E-state index contributed by atoms with van der Waals surface area (Å²) >= 11 is 0. The van der Waals surface area contributed by atoms with Crippen molar-refractivity contribution in [3.63, 3.8) is 0 Å². The van der Waals surface area contributed by atoms with Crippen LogP contribution in [-0.2, 0) is 0 Å². The zero-order valence-electron chi connectivity index (χ0n) is 10.8. The molecule has 1 N–H and O–H groups in total. The largest absolute Gasteiger partial charge is 0.496 e. The zero-order chi connectivity index (χ0) is 13.0. The van der Waals surface area contributed by atoms with Crippen LogP contribution in [0, 0.1) is 0 Å². The molecule has 2 rings (SSSR count). The van der Waals surface area contributed by atoms with E-state index in [1.165, 1.54) is 0 Å². The summed E-state index contributed by atoms with van der Waals surface area (Å²) in [6, 6.07) is 7.65. The lowest BCUT2D eigenvalue weighted by molar-refractivity contribution is 0.342. The van der Waals surface area contributed by atoms with E-state index in [4.69, 9.17) is 9.26 Å². The molecule has 0 amide bonds. The Balaban J connectivity index is 2.29. The maximum atomic E-state index is 5.28. The van der Waals surface area contributed by atoms with Crippen LogP contribution in [-0.4, -0.2) is 23.8 Å². The Morgan fingerprint density at radius 2 is 2.17 bits per heavy atom. The number of hydrogen-bond donors (Lipinski definition) is 1. The molecule has 0 radical (unpaired) electrons. The third kappa shape index (κ3) is 2.51. The van der Waals surface area contributed by atoms with Gasteiger partial charge in [-0.2, -0.15) is 4.98 Å². The van der Waals surface area contributed by atoms with Crippen LogP contribution in [0.5, 0.6) is 5.75 Å². The fourth-order valence-corrected chi connectivity index (χ4v) is 1.74. The summed E-state index contributed by atoms with van der Waals surface area (Å²) in [7, 11) is 1.63. The Kier molecular flexibility index (Phi) is 3.94. The lowest BCUT2D eigenvalue weighted by Crippen LogP contribution is -2.17. The van der Waals surface area contributed by atoms with Crippen LogP contribution in [0.1, 0.15) is 25.8 Å². The standard InChI is InChI=1S/C13H17N3O2/c1-4-14-9(2)13-15-12(16-18-13)10-7-5-6-8-11(10)17-3/h5-9,14H,4H2,1-3H3. The van der Waals surface area contributed by atoms with Crippen molar-refractivity contribution >= 4 is 0 Å². The lowest BCUT2D eigenvalue weighted by atomic mass is 10.2. The van der Waals surface area contributed by atoms with Gasteiger partial charge in [-0.1, -0.05) is 24.2 Å². The van der Waals surface area contributed by atoms with Crippen molar-refractivity contribution in [3.05, 3.63) is 30.2 Å². The molecule has 0 spiro atoms. The van der Waals surface area contributed by atoms with E-state index in [2.05, 4.69) is 15.5 Å². The molecule has 0 aliphatic rings. The minimum atomic E-state index is 0.0472. The normalized spacial score (nSPS) is 12.4. The second-order valence-corrected chi connectivity index (χ2v) is 3.94. The van der Waals surface area contributed by atoms with Crippen LogP contribution in [0.25, 0.3) is 11.4 Å². The first-order valence-electron chi connectivity index (χ1n) is 5.96. The summed E-state index contributed by atoms with van der Waals surface area (Å²) in [5.41, 5.74) is 0.832. The van der Waals surface area contributed by atoms with Gasteiger partial charge in [-0.15, -0.1) is 0 Å². The quantitative estimate of drug-likeness (QED) is 0.879. The van der Waals surface area contributed by atoms with Crippen LogP contribution >= 0.6 is 0 Å². The molecule has 2 aromatic rings. The van der Waals surface area contributed by atoms with Gasteiger partial charge in [0.15, 0.2) is 0 Å². The number of ether oxygens (including phenoxy) is 1. The number of para-hydroxylation sites is 1. The summed E-state index contributed by atoms with van der Waals surface area (Å²) in [5.74, 6) is 1.87. The molecule has 18 heavy (non-hydrogen) atoms. The highest BCUT2D eigenvalue weighted by Crippen LogP contribution is 2.27. The Bertz CT molecular complexity index is 510. The fourth-order valence-electron chi connectivity index (χ4n) is 1.74. The second kappa shape index (κ2) is 5.64. The predicted molar refractivity (Wildman–Crippen MR) is 68.4 cm³/mol. The van der Waals surface area contributed by atoms with E-state index < -0.39 is 0 Å². The number of rotatable bonds is 5. The first kappa shape index (κ1) is 12.6. The molecule has 1 unspecified atom stereocenters. The maximum absolute atomic E-state index is 5.28. The SMILES string of the molecule is CCNC(C)c1nc(-c2ccccc2OC)no1. The van der Waals surface area contributed by atoms with E-state index in [1.54, 1.807) is 7.11 Å². The van der Waals surface area contributed by atoms with Crippen LogP contribution in [0.2, 0.25) is 0 Å². The van der Waals surface area contributed by atoms with Gasteiger partial charge in [-0.05, 0) is 25.6 Å². The molecule has 0 bridgehead atoms. The fraction of sp³-hybridized carbons (Fsp3) is 0.385. The Labute approximate surface area is 106 Å². The van der Waals surface area contributed by atoms with E-state index >= 15 is 0 Å². The molecule has 5 heteroatoms. The molecule has 0 saturated heterocycles. The molecule has 0 aliphatic heterocycles. The number of nitrogens with zero attached hydrogens (tertiary/aromatic N) is 2. The molecule has 0 saturated carbocycles. The van der Waals surface area contributed by atoms with Gasteiger partial charge in [0.2, 0.25) is 11.7 Å². The molecule has 1 heterocycles. The lowest BCUT2D eigenvalue weighted by Gasteiger charge is -2.05. The van der Waals surface area contributed by atoms with E-state index in [0.717, 1.165) is 17.9 Å².